The molecule has 0 aliphatic rings. The molecule has 0 aromatic carbocycles. The molecular weight excluding hydrogens is 224 g/mol. The van der Waals surface area contributed by atoms with Gasteiger partial charge in [-0.25, -0.2) is 9.50 Å². The first-order valence-corrected chi connectivity index (χ1v) is 6.01. The minimum Gasteiger partial charge on any atom is -0.309 e. The number of nitrogens with one attached hydrogen (secondary N) is 1. The lowest BCUT2D eigenvalue weighted by atomic mass is 10.4. The van der Waals surface area contributed by atoms with E-state index < -0.39 is 0 Å². The van der Waals surface area contributed by atoms with Crippen LogP contribution < -0.4 is 5.32 Å². The molecule has 2 rings (SSSR count). The van der Waals surface area contributed by atoms with Gasteiger partial charge in [0.25, 0.3) is 0 Å². The van der Waals surface area contributed by atoms with Gasteiger partial charge in [0, 0.05) is 18.7 Å². The summed E-state index contributed by atoms with van der Waals surface area (Å²) in [6.07, 6.45) is 1.98. The Hall–Kier alpha value is -1.56. The van der Waals surface area contributed by atoms with Gasteiger partial charge in [-0.1, -0.05) is 0 Å². The summed E-state index contributed by atoms with van der Waals surface area (Å²) in [5.41, 5.74) is 1.68. The van der Waals surface area contributed by atoms with Crippen LogP contribution in [0.5, 0.6) is 0 Å². The van der Waals surface area contributed by atoms with Crippen molar-refractivity contribution in [3.8, 4) is 0 Å². The van der Waals surface area contributed by atoms with E-state index in [2.05, 4.69) is 15.4 Å². The Bertz CT molecular complexity index is 549. The van der Waals surface area contributed by atoms with Crippen LogP contribution in [0.2, 0.25) is 0 Å². The van der Waals surface area contributed by atoms with Crippen molar-refractivity contribution >= 4 is 29.1 Å². The second-order valence-electron chi connectivity index (χ2n) is 3.42. The van der Waals surface area contributed by atoms with Gasteiger partial charge in [-0.3, -0.25) is 4.79 Å². The summed E-state index contributed by atoms with van der Waals surface area (Å²) in [6.45, 7) is 3.39. The lowest BCUT2D eigenvalue weighted by molar-refractivity contribution is -0.114. The number of nitrogens with zero attached hydrogens (tertiary/aromatic N) is 3. The Balaban J connectivity index is 2.55. The number of rotatable bonds is 2. The standard InChI is InChI=1S/C10H12N4OS/c1-6-4-10(16-3)14-9(11-6)5-8(13-14)12-7(2)15/h4-5H,1-3H3,(H,12,13,15). The summed E-state index contributed by atoms with van der Waals surface area (Å²) < 4.78 is 1.73. The molecule has 0 fully saturated rings. The fourth-order valence-electron chi connectivity index (χ4n) is 1.45. The van der Waals surface area contributed by atoms with Crippen molar-refractivity contribution in [3.05, 3.63) is 17.8 Å². The molecular formula is C10H12N4OS. The van der Waals surface area contributed by atoms with E-state index in [-0.39, 0.29) is 5.91 Å². The van der Waals surface area contributed by atoms with E-state index in [0.717, 1.165) is 16.4 Å². The van der Waals surface area contributed by atoms with Gasteiger partial charge >= 0.3 is 0 Å². The number of aryl methyl sites for hydroxylation is 1. The molecule has 0 spiro atoms. The first kappa shape index (κ1) is 10.9. The Morgan fingerprint density at radius 3 is 2.88 bits per heavy atom. The first-order chi connectivity index (χ1) is 7.60. The molecule has 0 bridgehead atoms. The summed E-state index contributed by atoms with van der Waals surface area (Å²) >= 11 is 1.59. The fraction of sp³-hybridized carbons (Fsp3) is 0.300. The molecule has 0 saturated carbocycles. The predicted octanol–water partition coefficient (Wildman–Crippen LogP) is 1.72. The molecule has 0 aliphatic carbocycles. The molecule has 84 valence electrons. The number of carbonyl (C=O) groups is 1. The van der Waals surface area contributed by atoms with Crippen LogP contribution in [-0.4, -0.2) is 26.8 Å². The van der Waals surface area contributed by atoms with Crippen LogP contribution in [0, 0.1) is 6.92 Å². The molecule has 0 saturated heterocycles. The second kappa shape index (κ2) is 4.13. The van der Waals surface area contributed by atoms with Crippen LogP contribution in [0.25, 0.3) is 5.65 Å². The Labute approximate surface area is 97.3 Å². The number of hydrogen-bond donors (Lipinski definition) is 1. The van der Waals surface area contributed by atoms with E-state index in [0.29, 0.717) is 5.82 Å². The maximum absolute atomic E-state index is 10.9. The minimum atomic E-state index is -0.133. The highest BCUT2D eigenvalue weighted by atomic mass is 32.2. The minimum absolute atomic E-state index is 0.133. The van der Waals surface area contributed by atoms with Crippen molar-refractivity contribution in [1.29, 1.82) is 0 Å². The third-order valence-electron chi connectivity index (χ3n) is 2.04. The lowest BCUT2D eigenvalue weighted by Crippen LogP contribution is -2.06. The molecule has 2 aromatic heterocycles. The average molecular weight is 236 g/mol. The van der Waals surface area contributed by atoms with E-state index >= 15 is 0 Å². The molecule has 0 atom stereocenters. The van der Waals surface area contributed by atoms with Gasteiger partial charge in [0.1, 0.15) is 5.03 Å². The van der Waals surface area contributed by atoms with Gasteiger partial charge in [-0.15, -0.1) is 16.9 Å². The number of fused-ring (bicyclic) bond motifs is 1. The van der Waals surface area contributed by atoms with E-state index in [1.54, 1.807) is 22.3 Å². The zero-order valence-corrected chi connectivity index (χ0v) is 10.1. The predicted molar refractivity (Wildman–Crippen MR) is 63.8 cm³/mol. The molecule has 16 heavy (non-hydrogen) atoms. The van der Waals surface area contributed by atoms with Crippen molar-refractivity contribution < 1.29 is 4.79 Å². The Morgan fingerprint density at radius 1 is 1.50 bits per heavy atom. The van der Waals surface area contributed by atoms with Crippen molar-refractivity contribution in [3.63, 3.8) is 0 Å². The molecule has 1 amide bonds. The third-order valence-corrected chi connectivity index (χ3v) is 2.74. The monoisotopic (exact) mass is 236 g/mol. The summed E-state index contributed by atoms with van der Waals surface area (Å²) in [6, 6.07) is 3.72. The number of hydrogen-bond acceptors (Lipinski definition) is 4. The van der Waals surface area contributed by atoms with Gasteiger partial charge in [-0.2, -0.15) is 0 Å². The van der Waals surface area contributed by atoms with Crippen molar-refractivity contribution in [2.75, 3.05) is 11.6 Å². The van der Waals surface area contributed by atoms with Gasteiger partial charge in [-0.05, 0) is 19.2 Å². The molecule has 0 unspecified atom stereocenters. The maximum atomic E-state index is 10.9. The molecule has 2 heterocycles. The smallest absolute Gasteiger partial charge is 0.222 e. The second-order valence-corrected chi connectivity index (χ2v) is 4.25. The molecule has 0 radical (unpaired) electrons. The SMILES string of the molecule is CSc1cc(C)nc2cc(NC(C)=O)nn12. The van der Waals surface area contributed by atoms with Gasteiger partial charge in [0.2, 0.25) is 5.91 Å². The zero-order chi connectivity index (χ0) is 11.7. The summed E-state index contributed by atoms with van der Waals surface area (Å²) in [4.78, 5) is 15.3. The van der Waals surface area contributed by atoms with E-state index in [9.17, 15) is 4.79 Å². The summed E-state index contributed by atoms with van der Waals surface area (Å²) in [5, 5.41) is 7.91. The van der Waals surface area contributed by atoms with Crippen molar-refractivity contribution in [1.82, 2.24) is 14.6 Å². The summed E-state index contributed by atoms with van der Waals surface area (Å²) in [5.74, 6) is 0.395. The average Bonchev–Trinajstić information content (AvgIpc) is 2.57. The number of aromatic nitrogens is 3. The first-order valence-electron chi connectivity index (χ1n) is 4.79. The van der Waals surface area contributed by atoms with Gasteiger partial charge in [0.05, 0.1) is 0 Å². The quantitative estimate of drug-likeness (QED) is 0.637. The van der Waals surface area contributed by atoms with Crippen LogP contribution in [0.15, 0.2) is 17.2 Å². The largest absolute Gasteiger partial charge is 0.309 e. The van der Waals surface area contributed by atoms with Crippen LogP contribution in [0.4, 0.5) is 5.82 Å². The van der Waals surface area contributed by atoms with E-state index in [1.165, 1.54) is 6.92 Å². The maximum Gasteiger partial charge on any atom is 0.222 e. The van der Waals surface area contributed by atoms with Gasteiger partial charge < -0.3 is 5.32 Å². The normalized spacial score (nSPS) is 10.7. The number of thioether (sulfide) groups is 1. The van der Waals surface area contributed by atoms with Crippen LogP contribution >= 0.6 is 11.8 Å². The number of amides is 1. The Morgan fingerprint density at radius 2 is 2.25 bits per heavy atom. The van der Waals surface area contributed by atoms with Crippen LogP contribution in [-0.2, 0) is 4.79 Å². The summed E-state index contributed by atoms with van der Waals surface area (Å²) in [7, 11) is 0. The molecule has 0 aliphatic heterocycles. The van der Waals surface area contributed by atoms with Crippen molar-refractivity contribution in [2.24, 2.45) is 0 Å². The third kappa shape index (κ3) is 2.01. The highest BCUT2D eigenvalue weighted by Gasteiger charge is 2.08. The fourth-order valence-corrected chi connectivity index (χ4v) is 2.05. The molecule has 2 aromatic rings. The molecule has 6 heteroatoms. The van der Waals surface area contributed by atoms with Crippen LogP contribution in [0.3, 0.4) is 0 Å². The number of anilines is 1. The highest BCUT2D eigenvalue weighted by molar-refractivity contribution is 7.98. The van der Waals surface area contributed by atoms with Crippen molar-refractivity contribution in [2.45, 2.75) is 18.9 Å². The van der Waals surface area contributed by atoms with Crippen LogP contribution in [0.1, 0.15) is 12.6 Å². The van der Waals surface area contributed by atoms with Gasteiger partial charge in [0.15, 0.2) is 11.5 Å². The van der Waals surface area contributed by atoms with E-state index in [1.807, 2.05) is 19.2 Å². The van der Waals surface area contributed by atoms with E-state index in [4.69, 9.17) is 0 Å². The highest BCUT2D eigenvalue weighted by Crippen LogP contribution is 2.19. The molecule has 5 nitrogen and oxygen atoms in total. The topological polar surface area (TPSA) is 59.3 Å². The Kier molecular flexibility index (Phi) is 2.82. The number of carbonyl (C=O) groups excluding carboxylic acids is 1. The molecule has 1 N–H and O–H groups in total. The zero-order valence-electron chi connectivity index (χ0n) is 9.31. The lowest BCUT2D eigenvalue weighted by Gasteiger charge is -2.01.